The van der Waals surface area contributed by atoms with Gasteiger partial charge in [-0.05, 0) is 44.7 Å². The molecule has 8 nitrogen and oxygen atoms in total. The zero-order valence-electron chi connectivity index (χ0n) is 19.7. The normalized spacial score (nSPS) is 14.6. The summed E-state index contributed by atoms with van der Waals surface area (Å²) in [6, 6.07) is 5.08. The number of carbonyl (C=O) groups is 2. The Balaban J connectivity index is 1.73. The van der Waals surface area contributed by atoms with E-state index in [9.17, 15) is 9.59 Å². The second-order valence-electron chi connectivity index (χ2n) is 8.20. The number of nitrogens with zero attached hydrogens (tertiary/aromatic N) is 4. The van der Waals surface area contributed by atoms with Crippen molar-refractivity contribution in [2.45, 2.75) is 33.2 Å². The summed E-state index contributed by atoms with van der Waals surface area (Å²) in [4.78, 5) is 29.6. The Morgan fingerprint density at radius 2 is 1.97 bits per heavy atom. The van der Waals surface area contributed by atoms with Crippen LogP contribution in [0.2, 0.25) is 5.15 Å². The second kappa shape index (κ2) is 11.3. The SMILES string of the molecule is CCCCn1nc(C)c(C=CC(=O)Nc2cc(C(=O)N3CCN(C)CC3)ccc2OC)c1Cl. The van der Waals surface area contributed by atoms with Crippen LogP contribution >= 0.6 is 11.6 Å². The molecular formula is C24H32ClN5O3. The fraction of sp³-hybridized carbons (Fsp3) is 0.458. The number of ether oxygens (including phenoxy) is 1. The van der Waals surface area contributed by atoms with Crippen molar-refractivity contribution in [3.63, 3.8) is 0 Å². The van der Waals surface area contributed by atoms with Crippen LogP contribution in [0.1, 0.15) is 41.4 Å². The van der Waals surface area contributed by atoms with Crippen LogP contribution in [0.5, 0.6) is 5.75 Å². The monoisotopic (exact) mass is 473 g/mol. The smallest absolute Gasteiger partial charge is 0.254 e. The van der Waals surface area contributed by atoms with E-state index in [0.717, 1.165) is 38.2 Å². The van der Waals surface area contributed by atoms with Crippen LogP contribution < -0.4 is 10.1 Å². The lowest BCUT2D eigenvalue weighted by Gasteiger charge is -2.32. The van der Waals surface area contributed by atoms with Crippen molar-refractivity contribution in [1.82, 2.24) is 19.6 Å². The molecule has 1 aliphatic heterocycles. The molecule has 0 aliphatic carbocycles. The third-order valence-corrected chi connectivity index (χ3v) is 6.13. The molecule has 2 amide bonds. The first-order chi connectivity index (χ1) is 15.8. The fourth-order valence-corrected chi connectivity index (χ4v) is 4.00. The number of hydrogen-bond donors (Lipinski definition) is 1. The Bertz CT molecular complexity index is 1030. The van der Waals surface area contributed by atoms with Crippen LogP contribution in [0.4, 0.5) is 5.69 Å². The summed E-state index contributed by atoms with van der Waals surface area (Å²) >= 11 is 6.45. The van der Waals surface area contributed by atoms with Gasteiger partial charge >= 0.3 is 0 Å². The van der Waals surface area contributed by atoms with Crippen molar-refractivity contribution in [2.75, 3.05) is 45.7 Å². The van der Waals surface area contributed by atoms with Crippen LogP contribution in [-0.4, -0.2) is 71.7 Å². The highest BCUT2D eigenvalue weighted by Gasteiger charge is 2.21. The van der Waals surface area contributed by atoms with Gasteiger partial charge in [-0.3, -0.25) is 14.3 Å². The molecule has 2 heterocycles. The molecule has 1 saturated heterocycles. The Labute approximate surface area is 200 Å². The van der Waals surface area contributed by atoms with E-state index >= 15 is 0 Å². The number of hydrogen-bond acceptors (Lipinski definition) is 5. The van der Waals surface area contributed by atoms with E-state index in [1.54, 1.807) is 29.0 Å². The maximum Gasteiger partial charge on any atom is 0.254 e. The van der Waals surface area contributed by atoms with Crippen molar-refractivity contribution in [3.05, 3.63) is 46.2 Å². The molecule has 2 aromatic rings. The first-order valence-electron chi connectivity index (χ1n) is 11.2. The molecule has 1 fully saturated rings. The minimum atomic E-state index is -0.353. The van der Waals surface area contributed by atoms with Gasteiger partial charge in [-0.15, -0.1) is 0 Å². The Hall–Kier alpha value is -2.84. The predicted octanol–water partition coefficient (Wildman–Crippen LogP) is 3.69. The molecule has 178 valence electrons. The maximum absolute atomic E-state index is 12.9. The number of aromatic nitrogens is 2. The highest BCUT2D eigenvalue weighted by Crippen LogP contribution is 2.27. The average Bonchev–Trinajstić information content (AvgIpc) is 3.08. The molecule has 1 aromatic carbocycles. The van der Waals surface area contributed by atoms with Crippen molar-refractivity contribution < 1.29 is 14.3 Å². The number of methoxy groups -OCH3 is 1. The van der Waals surface area contributed by atoms with Gasteiger partial charge in [0.25, 0.3) is 5.91 Å². The van der Waals surface area contributed by atoms with Crippen LogP contribution in [0.3, 0.4) is 0 Å². The highest BCUT2D eigenvalue weighted by atomic mass is 35.5. The number of carbonyl (C=O) groups excluding carboxylic acids is 2. The van der Waals surface area contributed by atoms with E-state index in [0.29, 0.717) is 40.8 Å². The molecule has 0 saturated carbocycles. The highest BCUT2D eigenvalue weighted by molar-refractivity contribution is 6.31. The largest absolute Gasteiger partial charge is 0.495 e. The molecule has 3 rings (SSSR count). The number of unbranched alkanes of at least 4 members (excludes halogenated alkanes) is 1. The van der Waals surface area contributed by atoms with Gasteiger partial charge in [0.1, 0.15) is 10.9 Å². The zero-order chi connectivity index (χ0) is 24.0. The van der Waals surface area contributed by atoms with Crippen molar-refractivity contribution >= 4 is 35.2 Å². The van der Waals surface area contributed by atoms with Crippen LogP contribution in [0, 0.1) is 6.92 Å². The van der Waals surface area contributed by atoms with E-state index in [-0.39, 0.29) is 11.8 Å². The van der Waals surface area contributed by atoms with E-state index in [1.165, 1.54) is 13.2 Å². The molecule has 1 aliphatic rings. The number of amides is 2. The molecule has 0 unspecified atom stereocenters. The second-order valence-corrected chi connectivity index (χ2v) is 8.56. The van der Waals surface area contributed by atoms with Gasteiger partial charge in [0.15, 0.2) is 0 Å². The Kier molecular flexibility index (Phi) is 8.52. The number of aryl methyl sites for hydroxylation is 2. The summed E-state index contributed by atoms with van der Waals surface area (Å²) in [6.07, 6.45) is 5.09. The molecular weight excluding hydrogens is 442 g/mol. The number of likely N-dealkylation sites (N-methyl/N-ethyl adjacent to an activating group) is 1. The number of nitrogens with one attached hydrogen (secondary N) is 1. The van der Waals surface area contributed by atoms with Gasteiger partial charge in [-0.25, -0.2) is 0 Å². The quantitative estimate of drug-likeness (QED) is 0.591. The van der Waals surface area contributed by atoms with Crippen LogP contribution in [0.15, 0.2) is 24.3 Å². The summed E-state index contributed by atoms with van der Waals surface area (Å²) in [6.45, 7) is 7.75. The van der Waals surface area contributed by atoms with Gasteiger partial charge in [0.05, 0.1) is 18.5 Å². The minimum absolute atomic E-state index is 0.0568. The first kappa shape index (κ1) is 24.8. The molecule has 33 heavy (non-hydrogen) atoms. The maximum atomic E-state index is 12.9. The minimum Gasteiger partial charge on any atom is -0.495 e. The molecule has 0 bridgehead atoms. The summed E-state index contributed by atoms with van der Waals surface area (Å²) < 4.78 is 7.14. The molecule has 0 radical (unpaired) electrons. The number of anilines is 1. The summed E-state index contributed by atoms with van der Waals surface area (Å²) in [5.41, 5.74) is 2.43. The summed E-state index contributed by atoms with van der Waals surface area (Å²) in [5.74, 6) is 0.0706. The zero-order valence-corrected chi connectivity index (χ0v) is 20.5. The summed E-state index contributed by atoms with van der Waals surface area (Å²) in [7, 11) is 3.57. The number of rotatable bonds is 8. The number of piperazine rings is 1. The van der Waals surface area contributed by atoms with Gasteiger partial charge in [0.2, 0.25) is 5.91 Å². The topological polar surface area (TPSA) is 79.7 Å². The van der Waals surface area contributed by atoms with Gasteiger partial charge in [-0.1, -0.05) is 24.9 Å². The Morgan fingerprint density at radius 3 is 2.64 bits per heavy atom. The molecule has 0 spiro atoms. The standard InChI is InChI=1S/C24H32ClN5O3/c1-5-6-11-30-23(25)19(17(2)27-30)8-10-22(31)26-20-16-18(7-9-21(20)33-4)24(32)29-14-12-28(3)13-15-29/h7-10,16H,5-6,11-15H2,1-4H3,(H,26,31). The molecule has 9 heteroatoms. The molecule has 0 atom stereocenters. The third-order valence-electron chi connectivity index (χ3n) is 5.73. The van der Waals surface area contributed by atoms with E-state index in [4.69, 9.17) is 16.3 Å². The lowest BCUT2D eigenvalue weighted by molar-refractivity contribution is -0.111. The average molecular weight is 474 g/mol. The van der Waals surface area contributed by atoms with E-state index < -0.39 is 0 Å². The number of benzene rings is 1. The van der Waals surface area contributed by atoms with Gasteiger partial charge in [-0.2, -0.15) is 5.10 Å². The van der Waals surface area contributed by atoms with Crippen molar-refractivity contribution in [1.29, 1.82) is 0 Å². The predicted molar refractivity (Wildman–Crippen MR) is 131 cm³/mol. The lowest BCUT2D eigenvalue weighted by atomic mass is 10.1. The Morgan fingerprint density at radius 1 is 1.24 bits per heavy atom. The van der Waals surface area contributed by atoms with E-state index in [1.807, 2.05) is 18.9 Å². The molecule has 1 N–H and O–H groups in total. The van der Waals surface area contributed by atoms with Gasteiger partial charge in [0, 0.05) is 49.9 Å². The van der Waals surface area contributed by atoms with Crippen molar-refractivity contribution in [3.8, 4) is 5.75 Å². The van der Waals surface area contributed by atoms with Crippen LogP contribution in [0.25, 0.3) is 6.08 Å². The van der Waals surface area contributed by atoms with E-state index in [2.05, 4.69) is 22.2 Å². The fourth-order valence-electron chi connectivity index (χ4n) is 3.68. The summed E-state index contributed by atoms with van der Waals surface area (Å²) in [5, 5.41) is 7.79. The number of halogens is 1. The third kappa shape index (κ3) is 6.15. The first-order valence-corrected chi connectivity index (χ1v) is 11.6. The lowest BCUT2D eigenvalue weighted by Crippen LogP contribution is -2.47. The van der Waals surface area contributed by atoms with Crippen LogP contribution in [-0.2, 0) is 11.3 Å². The van der Waals surface area contributed by atoms with Crippen molar-refractivity contribution in [2.24, 2.45) is 0 Å². The van der Waals surface area contributed by atoms with Gasteiger partial charge < -0.3 is 19.9 Å². The molecule has 1 aromatic heterocycles.